The van der Waals surface area contributed by atoms with Crippen LogP contribution in [0.3, 0.4) is 0 Å². The van der Waals surface area contributed by atoms with Gasteiger partial charge in [-0.25, -0.2) is 0 Å². The number of aryl methyl sites for hydroxylation is 1. The molecule has 0 unspecified atom stereocenters. The second-order valence-electron chi connectivity index (χ2n) is 7.17. The Bertz CT molecular complexity index is 627. The first-order valence-electron chi connectivity index (χ1n) is 7.94. The molecule has 120 valence electrons. The molecule has 3 heteroatoms. The van der Waals surface area contributed by atoms with Crippen molar-refractivity contribution < 1.29 is 9.90 Å². The molecule has 1 aliphatic rings. The van der Waals surface area contributed by atoms with Crippen molar-refractivity contribution in [3.05, 3.63) is 34.9 Å². The van der Waals surface area contributed by atoms with Crippen LogP contribution in [-0.4, -0.2) is 23.7 Å². The average molecular weight is 301 g/mol. The molecule has 1 aromatic carbocycles. The zero-order valence-electron chi connectivity index (χ0n) is 14.5. The van der Waals surface area contributed by atoms with E-state index in [9.17, 15) is 4.79 Å². The van der Waals surface area contributed by atoms with E-state index in [1.165, 1.54) is 5.56 Å². The third-order valence-corrected chi connectivity index (χ3v) is 4.53. The summed E-state index contributed by atoms with van der Waals surface area (Å²) in [6.45, 7) is 12.5. The third-order valence-electron chi connectivity index (χ3n) is 4.53. The van der Waals surface area contributed by atoms with Crippen LogP contribution in [-0.2, 0) is 10.2 Å². The smallest absolute Gasteiger partial charge is 0.228 e. The number of nitrogens with zero attached hydrogens (tertiary/aromatic N) is 1. The molecule has 0 aliphatic carbocycles. The average Bonchev–Trinajstić information content (AvgIpc) is 2.36. The number of carbonyl (C=O) groups excluding carboxylic acids is 1. The summed E-state index contributed by atoms with van der Waals surface area (Å²) in [5.74, 6) is 0.197. The summed E-state index contributed by atoms with van der Waals surface area (Å²) in [5.41, 5.74) is 5.45. The lowest BCUT2D eigenvalue weighted by Gasteiger charge is -2.41. The van der Waals surface area contributed by atoms with E-state index >= 15 is 0 Å². The van der Waals surface area contributed by atoms with Gasteiger partial charge in [-0.05, 0) is 62.1 Å². The van der Waals surface area contributed by atoms with E-state index in [1.807, 2.05) is 17.9 Å². The van der Waals surface area contributed by atoms with Crippen LogP contribution >= 0.6 is 0 Å². The normalized spacial score (nSPS) is 17.9. The molecular weight excluding hydrogens is 274 g/mol. The van der Waals surface area contributed by atoms with Crippen LogP contribution in [0.5, 0.6) is 0 Å². The van der Waals surface area contributed by atoms with Crippen molar-refractivity contribution in [1.82, 2.24) is 0 Å². The van der Waals surface area contributed by atoms with E-state index in [-0.39, 0.29) is 24.0 Å². The summed E-state index contributed by atoms with van der Waals surface area (Å²) >= 11 is 0. The minimum absolute atomic E-state index is 0.0440. The summed E-state index contributed by atoms with van der Waals surface area (Å²) in [4.78, 5) is 14.4. The van der Waals surface area contributed by atoms with Gasteiger partial charge in [0.05, 0.1) is 6.61 Å². The fourth-order valence-corrected chi connectivity index (χ4v) is 3.36. The summed E-state index contributed by atoms with van der Waals surface area (Å²) in [5, 5.41) is 9.15. The van der Waals surface area contributed by atoms with Crippen molar-refractivity contribution in [2.75, 3.05) is 11.5 Å². The number of carbonyl (C=O) groups is 1. The van der Waals surface area contributed by atoms with Gasteiger partial charge in [0.25, 0.3) is 0 Å². The van der Waals surface area contributed by atoms with Crippen molar-refractivity contribution in [2.45, 2.75) is 59.4 Å². The maximum absolute atomic E-state index is 12.5. The van der Waals surface area contributed by atoms with Gasteiger partial charge in [-0.15, -0.1) is 0 Å². The summed E-state index contributed by atoms with van der Waals surface area (Å²) in [7, 11) is 0. The Labute approximate surface area is 133 Å². The second-order valence-corrected chi connectivity index (χ2v) is 7.17. The number of hydrogen-bond acceptors (Lipinski definition) is 2. The van der Waals surface area contributed by atoms with E-state index < -0.39 is 0 Å². The molecule has 0 bridgehead atoms. The number of aliphatic hydroxyl groups excluding tert-OH is 1. The van der Waals surface area contributed by atoms with Gasteiger partial charge in [0.1, 0.15) is 0 Å². The Morgan fingerprint density at radius 3 is 2.59 bits per heavy atom. The van der Waals surface area contributed by atoms with Crippen molar-refractivity contribution in [2.24, 2.45) is 0 Å². The summed E-state index contributed by atoms with van der Waals surface area (Å²) in [6.07, 6.45) is 2.36. The number of allylic oxidation sites excluding steroid dienone is 1. The zero-order chi connectivity index (χ0) is 16.7. The number of aliphatic hydroxyl groups is 1. The first-order valence-corrected chi connectivity index (χ1v) is 7.94. The molecule has 0 spiro atoms. The second kappa shape index (κ2) is 5.88. The molecular formula is C19H27NO2. The fraction of sp³-hybridized carbons (Fsp3) is 0.526. The van der Waals surface area contributed by atoms with E-state index in [0.29, 0.717) is 6.42 Å². The third kappa shape index (κ3) is 2.82. The molecule has 0 saturated heterocycles. The van der Waals surface area contributed by atoms with Gasteiger partial charge in [0.2, 0.25) is 5.91 Å². The van der Waals surface area contributed by atoms with Crippen LogP contribution < -0.4 is 4.90 Å². The van der Waals surface area contributed by atoms with Crippen LogP contribution in [0.1, 0.15) is 57.7 Å². The highest BCUT2D eigenvalue weighted by atomic mass is 16.2. The molecule has 0 atom stereocenters. The zero-order valence-corrected chi connectivity index (χ0v) is 14.5. The highest BCUT2D eigenvalue weighted by Gasteiger charge is 2.38. The molecule has 1 heterocycles. The number of amides is 1. The predicted molar refractivity (Wildman–Crippen MR) is 92.2 cm³/mol. The molecule has 0 aromatic heterocycles. The first-order chi connectivity index (χ1) is 10.2. The SMILES string of the molecule is C/C(=C/CO)c1cc2c(cc1C)N(C(C)C)C(=O)CC2(C)C. The van der Waals surface area contributed by atoms with Gasteiger partial charge in [-0.1, -0.05) is 19.9 Å². The summed E-state index contributed by atoms with van der Waals surface area (Å²) < 4.78 is 0. The first kappa shape index (κ1) is 16.8. The van der Waals surface area contributed by atoms with E-state index in [1.54, 1.807) is 0 Å². The molecule has 1 amide bonds. The van der Waals surface area contributed by atoms with Gasteiger partial charge in [-0.2, -0.15) is 0 Å². The van der Waals surface area contributed by atoms with Crippen LogP contribution in [0.25, 0.3) is 5.57 Å². The minimum Gasteiger partial charge on any atom is -0.392 e. The lowest BCUT2D eigenvalue weighted by atomic mass is 9.75. The summed E-state index contributed by atoms with van der Waals surface area (Å²) in [6, 6.07) is 4.48. The van der Waals surface area contributed by atoms with E-state index in [0.717, 1.165) is 22.4 Å². The van der Waals surface area contributed by atoms with Crippen molar-refractivity contribution in [3.63, 3.8) is 0 Å². The van der Waals surface area contributed by atoms with Crippen molar-refractivity contribution in [1.29, 1.82) is 0 Å². The van der Waals surface area contributed by atoms with E-state index in [2.05, 4.69) is 46.8 Å². The van der Waals surface area contributed by atoms with Gasteiger partial charge in [0.15, 0.2) is 0 Å². The number of rotatable bonds is 3. The van der Waals surface area contributed by atoms with E-state index in [4.69, 9.17) is 5.11 Å². The lowest BCUT2D eigenvalue weighted by molar-refractivity contribution is -0.120. The predicted octanol–water partition coefficient (Wildman–Crippen LogP) is 3.81. The molecule has 0 fully saturated rings. The number of anilines is 1. The molecule has 0 radical (unpaired) electrons. The Hall–Kier alpha value is -1.61. The van der Waals surface area contributed by atoms with Crippen LogP contribution in [0.2, 0.25) is 0 Å². The van der Waals surface area contributed by atoms with Crippen LogP contribution in [0, 0.1) is 6.92 Å². The number of fused-ring (bicyclic) bond motifs is 1. The van der Waals surface area contributed by atoms with Crippen LogP contribution in [0.15, 0.2) is 18.2 Å². The topological polar surface area (TPSA) is 40.5 Å². The van der Waals surface area contributed by atoms with Gasteiger partial charge >= 0.3 is 0 Å². The minimum atomic E-state index is -0.167. The Kier molecular flexibility index (Phi) is 4.48. The highest BCUT2D eigenvalue weighted by molar-refractivity contribution is 5.98. The standard InChI is InChI=1S/C19H27NO2/c1-12(2)20-17-9-14(4)15(13(3)7-8-21)10-16(17)19(5,6)11-18(20)22/h7,9-10,12,21H,8,11H2,1-6H3/b13-7-. The van der Waals surface area contributed by atoms with Crippen LogP contribution in [0.4, 0.5) is 5.69 Å². The molecule has 1 N–H and O–H groups in total. The lowest BCUT2D eigenvalue weighted by Crippen LogP contribution is -2.45. The van der Waals surface area contributed by atoms with Gasteiger partial charge in [0, 0.05) is 23.6 Å². The van der Waals surface area contributed by atoms with Crippen molar-refractivity contribution in [3.8, 4) is 0 Å². The molecule has 1 aliphatic heterocycles. The molecule has 22 heavy (non-hydrogen) atoms. The largest absolute Gasteiger partial charge is 0.392 e. The van der Waals surface area contributed by atoms with Gasteiger partial charge in [-0.3, -0.25) is 4.79 Å². The van der Waals surface area contributed by atoms with Gasteiger partial charge < -0.3 is 10.0 Å². The molecule has 1 aromatic rings. The molecule has 2 rings (SSSR count). The maximum Gasteiger partial charge on any atom is 0.228 e. The molecule has 0 saturated carbocycles. The molecule has 3 nitrogen and oxygen atoms in total. The number of benzene rings is 1. The maximum atomic E-state index is 12.5. The van der Waals surface area contributed by atoms with Crippen molar-refractivity contribution >= 4 is 17.2 Å². The fourth-order valence-electron chi connectivity index (χ4n) is 3.36. The Morgan fingerprint density at radius 2 is 2.05 bits per heavy atom. The number of hydrogen-bond donors (Lipinski definition) is 1. The Balaban J connectivity index is 2.69. The quantitative estimate of drug-likeness (QED) is 0.922. The monoisotopic (exact) mass is 301 g/mol. The Morgan fingerprint density at radius 1 is 1.41 bits per heavy atom. The highest BCUT2D eigenvalue weighted by Crippen LogP contribution is 2.43.